The smallest absolute Gasteiger partial charge is 0.410 e. The van der Waals surface area contributed by atoms with Crippen molar-refractivity contribution in [3.8, 4) is 0 Å². The lowest BCUT2D eigenvalue weighted by Crippen LogP contribution is -2.50. The molecule has 6 rings (SSSR count). The molecule has 0 aromatic carbocycles. The van der Waals surface area contributed by atoms with Gasteiger partial charge in [-0.25, -0.2) is 9.59 Å². The molecular formula is C27H38N2O5. The highest BCUT2D eigenvalue weighted by Crippen LogP contribution is 2.59. The quantitative estimate of drug-likeness (QED) is 0.496. The summed E-state index contributed by atoms with van der Waals surface area (Å²) >= 11 is 0. The third-order valence-electron chi connectivity index (χ3n) is 8.86. The molecule has 5 aliphatic rings. The van der Waals surface area contributed by atoms with Crippen molar-refractivity contribution in [1.82, 2.24) is 10.1 Å². The zero-order valence-corrected chi connectivity index (χ0v) is 20.8. The molecule has 2 saturated heterocycles. The van der Waals surface area contributed by atoms with Crippen molar-refractivity contribution in [2.24, 2.45) is 5.41 Å². The molecule has 3 saturated carbocycles. The van der Waals surface area contributed by atoms with Gasteiger partial charge in [-0.15, -0.1) is 0 Å². The SMILES string of the molecule is CC(C)(C)OC(=O)N1[C@@H]2CC[C@H]1C[C@@H](OC(=O)c1c(C3CCC4(CC3)CC4)noc1C1CC1)C2. The Labute approximate surface area is 201 Å². The van der Waals surface area contributed by atoms with Gasteiger partial charge in [-0.1, -0.05) is 5.16 Å². The van der Waals surface area contributed by atoms with Gasteiger partial charge >= 0.3 is 12.1 Å². The van der Waals surface area contributed by atoms with E-state index in [2.05, 4.69) is 5.16 Å². The highest BCUT2D eigenvalue weighted by Gasteiger charge is 2.48. The molecule has 2 aliphatic heterocycles. The van der Waals surface area contributed by atoms with Crippen LogP contribution in [0.4, 0.5) is 4.79 Å². The van der Waals surface area contributed by atoms with Crippen LogP contribution >= 0.6 is 0 Å². The van der Waals surface area contributed by atoms with E-state index in [1.807, 2.05) is 25.7 Å². The Balaban J connectivity index is 1.15. The lowest BCUT2D eigenvalue weighted by atomic mass is 9.77. The van der Waals surface area contributed by atoms with Gasteiger partial charge in [0.15, 0.2) is 5.76 Å². The van der Waals surface area contributed by atoms with Crippen molar-refractivity contribution in [3.63, 3.8) is 0 Å². The van der Waals surface area contributed by atoms with Crippen LogP contribution in [0.2, 0.25) is 0 Å². The van der Waals surface area contributed by atoms with E-state index in [0.29, 0.717) is 35.7 Å². The molecule has 1 aromatic heterocycles. The second kappa shape index (κ2) is 7.99. The summed E-state index contributed by atoms with van der Waals surface area (Å²) in [5.74, 6) is 1.10. The van der Waals surface area contributed by atoms with Gasteiger partial charge < -0.3 is 18.9 Å². The Morgan fingerprint density at radius 3 is 2.15 bits per heavy atom. The van der Waals surface area contributed by atoms with Crippen LogP contribution in [0.3, 0.4) is 0 Å². The van der Waals surface area contributed by atoms with Crippen LogP contribution < -0.4 is 0 Å². The summed E-state index contributed by atoms with van der Waals surface area (Å²) in [6.07, 6.45) is 12.3. The average Bonchev–Trinajstić information content (AvgIpc) is 3.68. The predicted octanol–water partition coefficient (Wildman–Crippen LogP) is 6.08. The summed E-state index contributed by atoms with van der Waals surface area (Å²) in [6.45, 7) is 5.68. The largest absolute Gasteiger partial charge is 0.458 e. The van der Waals surface area contributed by atoms with E-state index in [9.17, 15) is 9.59 Å². The molecule has 3 heterocycles. The highest BCUT2D eigenvalue weighted by atomic mass is 16.6. The van der Waals surface area contributed by atoms with Crippen molar-refractivity contribution in [2.45, 2.75) is 133 Å². The first-order valence-electron chi connectivity index (χ1n) is 13.4. The number of rotatable bonds is 4. The van der Waals surface area contributed by atoms with Crippen molar-refractivity contribution < 1.29 is 23.6 Å². The number of amides is 1. The molecule has 3 atom stereocenters. The van der Waals surface area contributed by atoms with Crippen molar-refractivity contribution in [2.75, 3.05) is 0 Å². The van der Waals surface area contributed by atoms with E-state index in [1.165, 1.54) is 25.7 Å². The predicted molar refractivity (Wildman–Crippen MR) is 125 cm³/mol. The van der Waals surface area contributed by atoms with Gasteiger partial charge in [0.2, 0.25) is 0 Å². The number of hydrogen-bond donors (Lipinski definition) is 0. The normalized spacial score (nSPS) is 30.4. The Bertz CT molecular complexity index is 946. The van der Waals surface area contributed by atoms with E-state index < -0.39 is 5.60 Å². The number of nitrogens with zero attached hydrogens (tertiary/aromatic N) is 2. The van der Waals surface area contributed by atoms with Crippen LogP contribution in [0.25, 0.3) is 0 Å². The minimum absolute atomic E-state index is 0.0734. The molecule has 3 aliphatic carbocycles. The molecular weight excluding hydrogens is 432 g/mol. The molecule has 0 N–H and O–H groups in total. The maximum atomic E-state index is 13.5. The fraction of sp³-hybridized carbons (Fsp3) is 0.815. The molecule has 0 radical (unpaired) electrons. The molecule has 7 heteroatoms. The van der Waals surface area contributed by atoms with Crippen LogP contribution in [0, 0.1) is 5.41 Å². The van der Waals surface area contributed by atoms with Gasteiger partial charge in [0.05, 0.1) is 0 Å². The third kappa shape index (κ3) is 4.24. The summed E-state index contributed by atoms with van der Waals surface area (Å²) < 4.78 is 17.6. The molecule has 7 nitrogen and oxygen atoms in total. The first-order valence-corrected chi connectivity index (χ1v) is 13.4. The number of hydrogen-bond acceptors (Lipinski definition) is 6. The van der Waals surface area contributed by atoms with E-state index in [4.69, 9.17) is 14.0 Å². The summed E-state index contributed by atoms with van der Waals surface area (Å²) in [4.78, 5) is 28.2. The number of fused-ring (bicyclic) bond motifs is 2. The molecule has 34 heavy (non-hydrogen) atoms. The number of carbonyl (C=O) groups excluding carboxylic acids is 2. The molecule has 186 valence electrons. The molecule has 1 spiro atoms. The maximum Gasteiger partial charge on any atom is 0.410 e. The molecule has 1 aromatic rings. The van der Waals surface area contributed by atoms with E-state index in [1.54, 1.807) is 0 Å². The topological polar surface area (TPSA) is 81.9 Å². The minimum atomic E-state index is -0.512. The number of esters is 1. The first-order chi connectivity index (χ1) is 16.2. The fourth-order valence-corrected chi connectivity index (χ4v) is 6.65. The number of piperidine rings is 1. The van der Waals surface area contributed by atoms with E-state index >= 15 is 0 Å². The Morgan fingerprint density at radius 2 is 1.59 bits per heavy atom. The summed E-state index contributed by atoms with van der Waals surface area (Å²) in [5, 5.41) is 4.45. The van der Waals surface area contributed by atoms with Crippen molar-refractivity contribution in [1.29, 1.82) is 0 Å². The van der Waals surface area contributed by atoms with Gasteiger partial charge in [0.25, 0.3) is 0 Å². The Kier molecular flexibility index (Phi) is 5.27. The van der Waals surface area contributed by atoms with Crippen LogP contribution in [0.1, 0.15) is 131 Å². The van der Waals surface area contributed by atoms with Crippen molar-refractivity contribution >= 4 is 12.1 Å². The van der Waals surface area contributed by atoms with Gasteiger partial charge in [-0.05, 0) is 90.4 Å². The van der Waals surface area contributed by atoms with Gasteiger partial charge in [-0.3, -0.25) is 0 Å². The standard InChI is InChI=1S/C27H38N2O5/c1-26(2,3)33-25(31)29-18-6-7-19(29)15-20(14-18)32-24(30)21-22(28-34-23(21)17-4-5-17)16-8-10-27(11-9-16)12-13-27/h16-20H,4-15H2,1-3H3/t18-,19+,20+. The lowest BCUT2D eigenvalue weighted by Gasteiger charge is -2.39. The monoisotopic (exact) mass is 470 g/mol. The van der Waals surface area contributed by atoms with Crippen LogP contribution in [0.5, 0.6) is 0 Å². The van der Waals surface area contributed by atoms with Gasteiger partial charge in [0.1, 0.15) is 23.0 Å². The van der Waals surface area contributed by atoms with Crippen LogP contribution in [0.15, 0.2) is 4.52 Å². The molecule has 0 unspecified atom stereocenters. The van der Waals surface area contributed by atoms with E-state index in [-0.39, 0.29) is 30.3 Å². The zero-order chi connectivity index (χ0) is 23.7. The first kappa shape index (κ1) is 22.4. The zero-order valence-electron chi connectivity index (χ0n) is 20.8. The second-order valence-corrected chi connectivity index (χ2v) is 12.6. The van der Waals surface area contributed by atoms with Crippen molar-refractivity contribution in [3.05, 3.63) is 17.0 Å². The van der Waals surface area contributed by atoms with Crippen LogP contribution in [-0.4, -0.2) is 45.9 Å². The summed E-state index contributed by atoms with van der Waals surface area (Å²) in [5.41, 5.74) is 1.56. The third-order valence-corrected chi connectivity index (χ3v) is 8.86. The molecule has 5 fully saturated rings. The Hall–Kier alpha value is -2.05. The molecule has 2 bridgehead atoms. The molecule has 1 amide bonds. The van der Waals surface area contributed by atoms with Gasteiger partial charge in [0, 0.05) is 36.8 Å². The fourth-order valence-electron chi connectivity index (χ4n) is 6.65. The summed E-state index contributed by atoms with van der Waals surface area (Å²) in [6, 6.07) is 0.147. The van der Waals surface area contributed by atoms with Crippen LogP contribution in [-0.2, 0) is 9.47 Å². The average molecular weight is 471 g/mol. The number of carbonyl (C=O) groups is 2. The summed E-state index contributed by atoms with van der Waals surface area (Å²) in [7, 11) is 0. The van der Waals surface area contributed by atoms with E-state index in [0.717, 1.165) is 50.0 Å². The highest BCUT2D eigenvalue weighted by molar-refractivity contribution is 5.92. The minimum Gasteiger partial charge on any atom is -0.458 e. The van der Waals surface area contributed by atoms with Gasteiger partial charge in [-0.2, -0.15) is 0 Å². The number of aromatic nitrogens is 1. The number of ether oxygens (including phenoxy) is 2. The lowest BCUT2D eigenvalue weighted by molar-refractivity contribution is -0.0227. The maximum absolute atomic E-state index is 13.5. The Morgan fingerprint density at radius 1 is 0.941 bits per heavy atom. The second-order valence-electron chi connectivity index (χ2n) is 12.6.